The Bertz CT molecular complexity index is 488. The normalized spacial score (nSPS) is 12.6. The first kappa shape index (κ1) is 13.8. The van der Waals surface area contributed by atoms with Gasteiger partial charge in [-0.05, 0) is 29.0 Å². The van der Waals surface area contributed by atoms with Gasteiger partial charge < -0.3 is 0 Å². The molecule has 0 radical (unpaired) electrons. The lowest BCUT2D eigenvalue weighted by atomic mass is 9.96. The van der Waals surface area contributed by atoms with Crippen molar-refractivity contribution in [3.8, 4) is 0 Å². The highest BCUT2D eigenvalue weighted by Gasteiger charge is 2.10. The zero-order valence-corrected chi connectivity index (χ0v) is 11.6. The number of rotatable bonds is 5. The Kier molecular flexibility index (Phi) is 4.72. The molecule has 0 aliphatic heterocycles. The average Bonchev–Trinajstić information content (AvgIpc) is 2.46. The molecule has 2 rings (SSSR count). The van der Waals surface area contributed by atoms with Crippen LogP contribution in [0.3, 0.4) is 0 Å². The first-order valence-corrected chi connectivity index (χ1v) is 6.80. The Hall–Kier alpha value is -1.64. The topological polar surface area (TPSA) is 38.0 Å². The maximum atomic E-state index is 5.70. The molecular weight excluding hydrogens is 232 g/mol. The Morgan fingerprint density at radius 3 is 2.00 bits per heavy atom. The highest BCUT2D eigenvalue weighted by atomic mass is 15.2. The van der Waals surface area contributed by atoms with E-state index in [2.05, 4.69) is 67.8 Å². The standard InChI is InChI=1S/C17H22N2/c1-13(2)15-8-10-16(11-9-15)17(19-18)12-14-6-4-3-5-7-14/h3-11,13,17,19H,12,18H2,1-2H3. The predicted molar refractivity (Wildman–Crippen MR) is 80.7 cm³/mol. The van der Waals surface area contributed by atoms with Crippen LogP contribution in [0.2, 0.25) is 0 Å². The molecule has 0 spiro atoms. The second-order valence-electron chi connectivity index (χ2n) is 5.23. The fourth-order valence-electron chi connectivity index (χ4n) is 2.24. The summed E-state index contributed by atoms with van der Waals surface area (Å²) in [4.78, 5) is 0. The molecule has 0 aliphatic carbocycles. The molecule has 19 heavy (non-hydrogen) atoms. The van der Waals surface area contributed by atoms with Crippen molar-refractivity contribution in [2.45, 2.75) is 32.2 Å². The minimum absolute atomic E-state index is 0.156. The Morgan fingerprint density at radius 1 is 0.895 bits per heavy atom. The number of nitrogens with two attached hydrogens (primary N) is 1. The molecule has 0 saturated carbocycles. The van der Waals surface area contributed by atoms with Crippen LogP contribution in [0.5, 0.6) is 0 Å². The van der Waals surface area contributed by atoms with E-state index >= 15 is 0 Å². The van der Waals surface area contributed by atoms with Gasteiger partial charge in [0, 0.05) is 6.04 Å². The third-order valence-corrected chi connectivity index (χ3v) is 3.49. The second-order valence-corrected chi connectivity index (χ2v) is 5.23. The molecule has 1 atom stereocenters. The van der Waals surface area contributed by atoms with E-state index in [1.807, 2.05) is 6.07 Å². The van der Waals surface area contributed by atoms with E-state index < -0.39 is 0 Å². The van der Waals surface area contributed by atoms with Crippen molar-refractivity contribution >= 4 is 0 Å². The molecule has 0 fully saturated rings. The van der Waals surface area contributed by atoms with Gasteiger partial charge in [0.15, 0.2) is 0 Å². The molecular formula is C17H22N2. The van der Waals surface area contributed by atoms with Crippen molar-refractivity contribution in [1.29, 1.82) is 0 Å². The van der Waals surface area contributed by atoms with Crippen LogP contribution in [0, 0.1) is 0 Å². The van der Waals surface area contributed by atoms with E-state index in [-0.39, 0.29) is 6.04 Å². The van der Waals surface area contributed by atoms with E-state index in [4.69, 9.17) is 5.84 Å². The van der Waals surface area contributed by atoms with Crippen LogP contribution in [0.15, 0.2) is 54.6 Å². The van der Waals surface area contributed by atoms with Crippen molar-refractivity contribution in [2.24, 2.45) is 5.84 Å². The molecule has 2 heteroatoms. The van der Waals surface area contributed by atoms with Crippen LogP contribution in [-0.2, 0) is 6.42 Å². The lowest BCUT2D eigenvalue weighted by Gasteiger charge is -2.17. The van der Waals surface area contributed by atoms with Crippen LogP contribution in [0.25, 0.3) is 0 Å². The molecule has 2 aromatic carbocycles. The van der Waals surface area contributed by atoms with Crippen LogP contribution < -0.4 is 11.3 Å². The average molecular weight is 254 g/mol. The zero-order valence-electron chi connectivity index (χ0n) is 11.6. The minimum atomic E-state index is 0.156. The Morgan fingerprint density at radius 2 is 1.47 bits per heavy atom. The highest BCUT2D eigenvalue weighted by Crippen LogP contribution is 2.21. The summed E-state index contributed by atoms with van der Waals surface area (Å²) in [6.07, 6.45) is 0.901. The van der Waals surface area contributed by atoms with Crippen LogP contribution in [0.1, 0.15) is 42.5 Å². The smallest absolute Gasteiger partial charge is 0.0500 e. The second kappa shape index (κ2) is 6.50. The summed E-state index contributed by atoms with van der Waals surface area (Å²) in [6.45, 7) is 4.41. The monoisotopic (exact) mass is 254 g/mol. The molecule has 3 N–H and O–H groups in total. The van der Waals surface area contributed by atoms with Crippen LogP contribution in [0.4, 0.5) is 0 Å². The minimum Gasteiger partial charge on any atom is -0.271 e. The molecule has 1 unspecified atom stereocenters. The zero-order chi connectivity index (χ0) is 13.7. The number of nitrogens with one attached hydrogen (secondary N) is 1. The molecule has 0 aromatic heterocycles. The van der Waals surface area contributed by atoms with Gasteiger partial charge in [-0.15, -0.1) is 0 Å². The molecule has 2 nitrogen and oxygen atoms in total. The van der Waals surface area contributed by atoms with Gasteiger partial charge in [-0.2, -0.15) is 0 Å². The summed E-state index contributed by atoms with van der Waals surface area (Å²) < 4.78 is 0. The highest BCUT2D eigenvalue weighted by molar-refractivity contribution is 5.28. The summed E-state index contributed by atoms with van der Waals surface area (Å²) in [7, 11) is 0. The summed E-state index contributed by atoms with van der Waals surface area (Å²) >= 11 is 0. The van der Waals surface area contributed by atoms with Gasteiger partial charge in [-0.1, -0.05) is 68.4 Å². The number of hydrazine groups is 1. The van der Waals surface area contributed by atoms with Gasteiger partial charge in [-0.25, -0.2) is 0 Å². The Balaban J connectivity index is 2.13. The third-order valence-electron chi connectivity index (χ3n) is 3.49. The summed E-state index contributed by atoms with van der Waals surface area (Å²) in [5.74, 6) is 6.26. The molecule has 0 amide bonds. The number of benzene rings is 2. The van der Waals surface area contributed by atoms with Gasteiger partial charge in [0.1, 0.15) is 0 Å². The van der Waals surface area contributed by atoms with Gasteiger partial charge in [0.05, 0.1) is 0 Å². The third kappa shape index (κ3) is 3.66. The summed E-state index contributed by atoms with van der Waals surface area (Å²) in [5, 5.41) is 0. The van der Waals surface area contributed by atoms with Crippen molar-refractivity contribution in [2.75, 3.05) is 0 Å². The van der Waals surface area contributed by atoms with E-state index in [9.17, 15) is 0 Å². The predicted octanol–water partition coefficient (Wildman–Crippen LogP) is 3.56. The maximum absolute atomic E-state index is 5.70. The largest absolute Gasteiger partial charge is 0.271 e. The molecule has 0 bridgehead atoms. The lowest BCUT2D eigenvalue weighted by molar-refractivity contribution is 0.551. The van der Waals surface area contributed by atoms with E-state index in [1.54, 1.807) is 0 Å². The number of hydrogen-bond acceptors (Lipinski definition) is 2. The molecule has 0 heterocycles. The van der Waals surface area contributed by atoms with E-state index in [1.165, 1.54) is 16.7 Å². The quantitative estimate of drug-likeness (QED) is 0.632. The lowest BCUT2D eigenvalue weighted by Crippen LogP contribution is -2.29. The fraction of sp³-hybridized carbons (Fsp3) is 0.294. The SMILES string of the molecule is CC(C)c1ccc(C(Cc2ccccc2)NN)cc1. The maximum Gasteiger partial charge on any atom is 0.0500 e. The molecule has 0 saturated heterocycles. The van der Waals surface area contributed by atoms with Crippen molar-refractivity contribution < 1.29 is 0 Å². The van der Waals surface area contributed by atoms with Gasteiger partial charge >= 0.3 is 0 Å². The molecule has 0 aliphatic rings. The van der Waals surface area contributed by atoms with Gasteiger partial charge in [-0.3, -0.25) is 11.3 Å². The molecule has 2 aromatic rings. The fourth-order valence-corrected chi connectivity index (χ4v) is 2.24. The van der Waals surface area contributed by atoms with Crippen molar-refractivity contribution in [3.63, 3.8) is 0 Å². The number of hydrogen-bond donors (Lipinski definition) is 2. The summed E-state index contributed by atoms with van der Waals surface area (Å²) in [6, 6.07) is 19.3. The van der Waals surface area contributed by atoms with Crippen molar-refractivity contribution in [1.82, 2.24) is 5.43 Å². The van der Waals surface area contributed by atoms with Crippen LogP contribution >= 0.6 is 0 Å². The van der Waals surface area contributed by atoms with E-state index in [0.717, 1.165) is 6.42 Å². The molecule has 100 valence electrons. The van der Waals surface area contributed by atoms with Gasteiger partial charge in [0.2, 0.25) is 0 Å². The summed E-state index contributed by atoms with van der Waals surface area (Å²) in [5.41, 5.74) is 6.80. The van der Waals surface area contributed by atoms with Gasteiger partial charge in [0.25, 0.3) is 0 Å². The Labute approximate surface area is 115 Å². The van der Waals surface area contributed by atoms with Crippen LogP contribution in [-0.4, -0.2) is 0 Å². The first-order valence-electron chi connectivity index (χ1n) is 6.80. The van der Waals surface area contributed by atoms with Crippen molar-refractivity contribution in [3.05, 3.63) is 71.3 Å². The van der Waals surface area contributed by atoms with E-state index in [0.29, 0.717) is 5.92 Å². The first-order chi connectivity index (χ1) is 9.20.